The predicted molar refractivity (Wildman–Crippen MR) is 102 cm³/mol. The molecule has 2 aromatic heterocycles. The molecule has 0 aliphatic rings. The average Bonchev–Trinajstić information content (AvgIpc) is 2.73. The maximum atomic E-state index is 12.2. The lowest BCUT2D eigenvalue weighted by Crippen LogP contribution is -2.28. The maximum absolute atomic E-state index is 12.2. The number of ether oxygens (including phenoxy) is 2. The average molecular weight is 417 g/mol. The lowest BCUT2D eigenvalue weighted by atomic mass is 9.87. The van der Waals surface area contributed by atoms with Gasteiger partial charge in [-0.15, -0.1) is 19.8 Å². The summed E-state index contributed by atoms with van der Waals surface area (Å²) in [5.41, 5.74) is -0.543. The summed E-state index contributed by atoms with van der Waals surface area (Å²) in [6.45, 7) is 3.68. The number of alkyl halides is 3. The van der Waals surface area contributed by atoms with Gasteiger partial charge in [-0.2, -0.15) is 0 Å². The topological polar surface area (TPSA) is 77.4 Å². The van der Waals surface area contributed by atoms with Crippen LogP contribution in [-0.4, -0.2) is 26.4 Å². The highest BCUT2D eigenvalue weighted by Crippen LogP contribution is 2.34. The van der Waals surface area contributed by atoms with Crippen molar-refractivity contribution in [2.45, 2.75) is 24.8 Å². The Morgan fingerprint density at radius 2 is 1.57 bits per heavy atom. The van der Waals surface area contributed by atoms with Gasteiger partial charge in [-0.05, 0) is 49.2 Å². The molecule has 1 atom stereocenters. The maximum Gasteiger partial charge on any atom is 0.573 e. The van der Waals surface area contributed by atoms with Crippen molar-refractivity contribution in [1.29, 1.82) is 0 Å². The van der Waals surface area contributed by atoms with E-state index in [1.54, 1.807) is 18.2 Å². The number of allylic oxidation sites excluding steroid dienone is 1. The minimum atomic E-state index is -4.76. The molecular formula is C21H18F3N3O3. The molecule has 1 N–H and O–H groups in total. The van der Waals surface area contributed by atoms with Crippen LogP contribution in [0, 0.1) is 0 Å². The SMILES string of the molecule is C=CCCC(O)(c1cncnc1)c1ccc(Oc2ccc(OC(F)(F)F)cc2)cn1. The van der Waals surface area contributed by atoms with Gasteiger partial charge < -0.3 is 14.6 Å². The summed E-state index contributed by atoms with van der Waals surface area (Å²) in [5.74, 6) is 0.303. The van der Waals surface area contributed by atoms with Crippen LogP contribution >= 0.6 is 0 Å². The van der Waals surface area contributed by atoms with Gasteiger partial charge in [0.05, 0.1) is 11.9 Å². The molecule has 1 unspecified atom stereocenters. The summed E-state index contributed by atoms with van der Waals surface area (Å²) >= 11 is 0. The van der Waals surface area contributed by atoms with E-state index >= 15 is 0 Å². The highest BCUT2D eigenvalue weighted by Gasteiger charge is 2.33. The molecule has 9 heteroatoms. The van der Waals surface area contributed by atoms with E-state index in [2.05, 4.69) is 26.3 Å². The molecule has 0 radical (unpaired) electrons. The Balaban J connectivity index is 1.77. The molecule has 2 heterocycles. The van der Waals surface area contributed by atoms with Gasteiger partial charge in [0.1, 0.15) is 29.2 Å². The number of nitrogens with zero attached hydrogens (tertiary/aromatic N) is 3. The second kappa shape index (κ2) is 8.91. The first-order valence-electron chi connectivity index (χ1n) is 8.89. The molecule has 3 rings (SSSR count). The third kappa shape index (κ3) is 5.32. The van der Waals surface area contributed by atoms with Crippen molar-refractivity contribution in [2.75, 3.05) is 0 Å². The van der Waals surface area contributed by atoms with E-state index in [1.165, 1.54) is 37.1 Å². The molecule has 0 amide bonds. The summed E-state index contributed by atoms with van der Waals surface area (Å²) in [5, 5.41) is 11.3. The van der Waals surface area contributed by atoms with Crippen LogP contribution in [0.15, 0.2) is 74.0 Å². The first-order valence-corrected chi connectivity index (χ1v) is 8.89. The molecular weight excluding hydrogens is 399 g/mol. The first-order chi connectivity index (χ1) is 14.3. The molecule has 1 aromatic carbocycles. The lowest BCUT2D eigenvalue weighted by Gasteiger charge is -2.27. The molecule has 3 aromatic rings. The third-order valence-electron chi connectivity index (χ3n) is 4.20. The molecule has 0 aliphatic carbocycles. The highest BCUT2D eigenvalue weighted by molar-refractivity contribution is 5.36. The summed E-state index contributed by atoms with van der Waals surface area (Å²) < 4.78 is 46.1. The van der Waals surface area contributed by atoms with Crippen molar-refractivity contribution < 1.29 is 27.8 Å². The fourth-order valence-corrected chi connectivity index (χ4v) is 2.77. The summed E-state index contributed by atoms with van der Waals surface area (Å²) in [6, 6.07) is 8.19. The Morgan fingerprint density at radius 1 is 0.933 bits per heavy atom. The Labute approximate surface area is 170 Å². The summed E-state index contributed by atoms with van der Waals surface area (Å²) in [7, 11) is 0. The normalized spacial score (nSPS) is 13.3. The third-order valence-corrected chi connectivity index (χ3v) is 4.20. The van der Waals surface area contributed by atoms with E-state index in [9.17, 15) is 18.3 Å². The molecule has 0 fully saturated rings. The zero-order valence-corrected chi connectivity index (χ0v) is 15.7. The van der Waals surface area contributed by atoms with Crippen molar-refractivity contribution in [3.8, 4) is 17.2 Å². The van der Waals surface area contributed by atoms with Crippen molar-refractivity contribution in [1.82, 2.24) is 15.0 Å². The number of hydrogen-bond donors (Lipinski definition) is 1. The Kier molecular flexibility index (Phi) is 6.31. The number of benzene rings is 1. The van der Waals surface area contributed by atoms with Gasteiger partial charge in [-0.25, -0.2) is 9.97 Å². The molecule has 0 saturated heterocycles. The van der Waals surface area contributed by atoms with Crippen LogP contribution in [0.25, 0.3) is 0 Å². The van der Waals surface area contributed by atoms with Gasteiger partial charge in [-0.1, -0.05) is 6.08 Å². The molecule has 6 nitrogen and oxygen atoms in total. The van der Waals surface area contributed by atoms with E-state index in [4.69, 9.17) is 4.74 Å². The monoisotopic (exact) mass is 417 g/mol. The smallest absolute Gasteiger partial charge is 0.456 e. The fourth-order valence-electron chi connectivity index (χ4n) is 2.77. The second-order valence-electron chi connectivity index (χ2n) is 6.32. The number of hydrogen-bond acceptors (Lipinski definition) is 6. The number of pyridine rings is 1. The molecule has 0 bridgehead atoms. The van der Waals surface area contributed by atoms with E-state index in [0.717, 1.165) is 12.1 Å². The van der Waals surface area contributed by atoms with Crippen LogP contribution in [0.3, 0.4) is 0 Å². The molecule has 0 spiro atoms. The molecule has 0 saturated carbocycles. The lowest BCUT2D eigenvalue weighted by molar-refractivity contribution is -0.274. The molecule has 30 heavy (non-hydrogen) atoms. The second-order valence-corrected chi connectivity index (χ2v) is 6.32. The van der Waals surface area contributed by atoms with Crippen molar-refractivity contribution in [2.24, 2.45) is 0 Å². The van der Waals surface area contributed by atoms with Gasteiger partial charge in [0.2, 0.25) is 0 Å². The van der Waals surface area contributed by atoms with Gasteiger partial charge >= 0.3 is 6.36 Å². The minimum absolute atomic E-state index is 0.303. The zero-order valence-electron chi connectivity index (χ0n) is 15.7. The van der Waals surface area contributed by atoms with Gasteiger partial charge in [0.15, 0.2) is 0 Å². The van der Waals surface area contributed by atoms with E-state index in [-0.39, 0.29) is 5.75 Å². The van der Waals surface area contributed by atoms with Crippen molar-refractivity contribution in [3.05, 3.63) is 85.2 Å². The van der Waals surface area contributed by atoms with Crippen molar-refractivity contribution in [3.63, 3.8) is 0 Å². The van der Waals surface area contributed by atoms with Crippen LogP contribution < -0.4 is 9.47 Å². The number of aliphatic hydroxyl groups is 1. The predicted octanol–water partition coefficient (Wildman–Crippen LogP) is 4.76. The van der Waals surface area contributed by atoms with E-state index < -0.39 is 12.0 Å². The number of halogens is 3. The minimum Gasteiger partial charge on any atom is -0.456 e. The Hall–Kier alpha value is -3.46. The zero-order chi connectivity index (χ0) is 21.6. The Bertz CT molecular complexity index is 965. The van der Waals surface area contributed by atoms with Crippen molar-refractivity contribution >= 4 is 0 Å². The van der Waals surface area contributed by atoms with E-state index in [1.807, 2.05) is 0 Å². The van der Waals surface area contributed by atoms with Crippen LogP contribution in [0.5, 0.6) is 17.2 Å². The van der Waals surface area contributed by atoms with Crippen LogP contribution in [0.1, 0.15) is 24.1 Å². The highest BCUT2D eigenvalue weighted by atomic mass is 19.4. The van der Waals surface area contributed by atoms with Gasteiger partial charge in [0.25, 0.3) is 0 Å². The molecule has 156 valence electrons. The fraction of sp³-hybridized carbons (Fsp3) is 0.190. The van der Waals surface area contributed by atoms with Crippen LogP contribution in [0.4, 0.5) is 13.2 Å². The summed E-state index contributed by atoms with van der Waals surface area (Å²) in [4.78, 5) is 12.2. The first kappa shape index (κ1) is 21.3. The van der Waals surface area contributed by atoms with Gasteiger partial charge in [-0.3, -0.25) is 4.98 Å². The number of aromatic nitrogens is 3. The van der Waals surface area contributed by atoms with Crippen LogP contribution in [0.2, 0.25) is 0 Å². The quantitative estimate of drug-likeness (QED) is 0.533. The standard InChI is InChI=1S/C21H18F3N3O3/c1-2-3-10-20(28,15-11-25-14-26-12-15)19-9-8-18(13-27-19)29-16-4-6-17(7-5-16)30-21(22,23)24/h2,4-9,11-14,28H,1,3,10H2. The molecule has 0 aliphatic heterocycles. The number of rotatable bonds is 8. The summed E-state index contributed by atoms with van der Waals surface area (Å²) in [6.07, 6.45) is 3.63. The van der Waals surface area contributed by atoms with Crippen LogP contribution in [-0.2, 0) is 5.60 Å². The largest absolute Gasteiger partial charge is 0.573 e. The van der Waals surface area contributed by atoms with E-state index in [0.29, 0.717) is 35.6 Å². The Morgan fingerprint density at radius 3 is 2.13 bits per heavy atom. The van der Waals surface area contributed by atoms with Gasteiger partial charge in [0, 0.05) is 18.0 Å².